The predicted molar refractivity (Wildman–Crippen MR) is 69.6 cm³/mol. The van der Waals surface area contributed by atoms with E-state index in [2.05, 4.69) is 37.9 Å². The maximum Gasteiger partial charge on any atom is 0.194 e. The van der Waals surface area contributed by atoms with Crippen LogP contribution in [-0.2, 0) is 9.92 Å². The third kappa shape index (κ3) is 2.45. The van der Waals surface area contributed by atoms with Gasteiger partial charge in [-0.05, 0) is 37.9 Å². The Kier molecular flexibility index (Phi) is 2.91. The van der Waals surface area contributed by atoms with Crippen LogP contribution in [0.15, 0.2) is 4.03 Å². The lowest BCUT2D eigenvalue weighted by molar-refractivity contribution is 0.664. The minimum absolute atomic E-state index is 0.111. The van der Waals surface area contributed by atoms with E-state index in [1.807, 2.05) is 6.92 Å². The van der Waals surface area contributed by atoms with E-state index in [-0.39, 0.29) is 9.79 Å². The van der Waals surface area contributed by atoms with Gasteiger partial charge in [-0.3, -0.25) is 4.03 Å². The van der Waals surface area contributed by atoms with E-state index >= 15 is 0 Å². The zero-order valence-corrected chi connectivity index (χ0v) is 12.6. The van der Waals surface area contributed by atoms with Gasteiger partial charge < -0.3 is 0 Å². The topological polar surface area (TPSA) is 55.4 Å². The molecule has 0 aliphatic heterocycles. The van der Waals surface area contributed by atoms with Gasteiger partial charge in [0.05, 0.1) is 4.75 Å². The molecule has 0 aromatic rings. The Morgan fingerprint density at radius 1 is 1.33 bits per heavy atom. The van der Waals surface area contributed by atoms with Crippen LogP contribution in [-0.4, -0.2) is 17.2 Å². The molecule has 0 amide bonds. The maximum atomic E-state index is 12.4. The molecule has 0 heterocycles. The second kappa shape index (κ2) is 3.31. The fourth-order valence-corrected chi connectivity index (χ4v) is 6.43. The van der Waals surface area contributed by atoms with E-state index in [9.17, 15) is 4.21 Å². The highest BCUT2D eigenvalue weighted by molar-refractivity contribution is 7.93. The van der Waals surface area contributed by atoms with Crippen LogP contribution in [0.25, 0.3) is 0 Å². The van der Waals surface area contributed by atoms with Gasteiger partial charge in [0.2, 0.25) is 0 Å². The van der Waals surface area contributed by atoms with Gasteiger partial charge in [-0.25, -0.2) is 9.35 Å². The van der Waals surface area contributed by atoms with Gasteiger partial charge in [0, 0.05) is 0 Å². The molecule has 1 aliphatic carbocycles. The minimum atomic E-state index is -2.49. The van der Waals surface area contributed by atoms with E-state index in [4.69, 9.17) is 5.14 Å². The molecule has 1 fully saturated rings. The number of nitrogens with zero attached hydrogens (tertiary/aromatic N) is 1. The van der Waals surface area contributed by atoms with Crippen LogP contribution < -0.4 is 5.14 Å². The average molecular weight is 248 g/mol. The molecular weight excluding hydrogens is 224 g/mol. The molecule has 1 aliphatic rings. The van der Waals surface area contributed by atoms with Gasteiger partial charge in [-0.1, -0.05) is 20.8 Å². The average Bonchev–Trinajstić information content (AvgIpc) is 2.63. The molecular formula is C10H24N2OSSi. The summed E-state index contributed by atoms with van der Waals surface area (Å²) in [5.74, 6) is 0. The van der Waals surface area contributed by atoms with Crippen molar-refractivity contribution in [1.82, 2.24) is 0 Å². The number of hydrogen-bond acceptors (Lipinski definition) is 2. The summed E-state index contributed by atoms with van der Waals surface area (Å²) in [5, 5.41) is 6.05. The molecule has 0 saturated heterocycles. The largest absolute Gasteiger partial charge is 0.265 e. The second-order valence-electron chi connectivity index (χ2n) is 6.42. The van der Waals surface area contributed by atoms with Crippen LogP contribution >= 0.6 is 0 Å². The summed E-state index contributed by atoms with van der Waals surface area (Å²) < 4.78 is 16.8. The van der Waals surface area contributed by atoms with Crippen LogP contribution in [0.5, 0.6) is 0 Å². The summed E-state index contributed by atoms with van der Waals surface area (Å²) in [5.41, 5.74) is 0. The van der Waals surface area contributed by atoms with Gasteiger partial charge >= 0.3 is 0 Å². The molecule has 1 unspecified atom stereocenters. The standard InChI is InChI=1S/C10H24N2OSSi/c1-9(2,3)15(5,6)12-14(11,13)10(4)7-8-10/h7-8H2,1-6H3,(H2,11,12,13). The zero-order chi connectivity index (χ0) is 12.1. The van der Waals surface area contributed by atoms with E-state index in [0.717, 1.165) is 12.8 Å². The molecule has 1 atom stereocenters. The van der Waals surface area contributed by atoms with Crippen LogP contribution in [0.3, 0.4) is 0 Å². The molecule has 1 saturated carbocycles. The van der Waals surface area contributed by atoms with Gasteiger partial charge in [0.25, 0.3) is 0 Å². The highest BCUT2D eigenvalue weighted by Gasteiger charge is 2.48. The summed E-state index contributed by atoms with van der Waals surface area (Å²) in [4.78, 5) is 0. The van der Waals surface area contributed by atoms with Gasteiger partial charge in [0.1, 0.15) is 9.92 Å². The SMILES string of the molecule is CC(C)(C)[Si](C)(C)N=S(N)(=O)C1(C)CC1. The third-order valence-corrected chi connectivity index (χ3v) is 12.3. The molecule has 90 valence electrons. The maximum absolute atomic E-state index is 12.4. The Morgan fingerprint density at radius 2 is 1.73 bits per heavy atom. The Hall–Kier alpha value is 0.127. The van der Waals surface area contributed by atoms with Crippen molar-refractivity contribution in [3.63, 3.8) is 0 Å². The first-order chi connectivity index (χ1) is 6.41. The van der Waals surface area contributed by atoms with Crippen molar-refractivity contribution in [1.29, 1.82) is 0 Å². The highest BCUT2D eigenvalue weighted by atomic mass is 32.2. The molecule has 3 nitrogen and oxygen atoms in total. The van der Waals surface area contributed by atoms with Crippen molar-refractivity contribution in [3.05, 3.63) is 0 Å². The molecule has 0 aromatic carbocycles. The van der Waals surface area contributed by atoms with Crippen molar-refractivity contribution >= 4 is 18.2 Å². The monoisotopic (exact) mass is 248 g/mol. The summed E-state index contributed by atoms with van der Waals surface area (Å²) >= 11 is 0. The van der Waals surface area contributed by atoms with Crippen LogP contribution in [0.1, 0.15) is 40.5 Å². The van der Waals surface area contributed by atoms with Crippen molar-refractivity contribution in [3.8, 4) is 0 Å². The Morgan fingerprint density at radius 3 is 2.00 bits per heavy atom. The minimum Gasteiger partial charge on any atom is -0.265 e. The molecule has 0 radical (unpaired) electrons. The summed E-state index contributed by atoms with van der Waals surface area (Å²) in [6, 6.07) is 0. The first kappa shape index (κ1) is 13.2. The Balaban J connectivity index is 3.12. The second-order valence-corrected chi connectivity index (χ2v) is 13.9. The summed E-state index contributed by atoms with van der Waals surface area (Å²) in [6.07, 6.45) is 1.92. The van der Waals surface area contributed by atoms with Crippen LogP contribution in [0.2, 0.25) is 18.1 Å². The van der Waals surface area contributed by atoms with Crippen LogP contribution in [0.4, 0.5) is 0 Å². The fraction of sp³-hybridized carbons (Fsp3) is 1.00. The number of hydrogen-bond donors (Lipinski definition) is 1. The smallest absolute Gasteiger partial charge is 0.194 e. The molecule has 15 heavy (non-hydrogen) atoms. The van der Waals surface area contributed by atoms with E-state index < -0.39 is 18.2 Å². The Bertz CT molecular complexity index is 371. The van der Waals surface area contributed by atoms with E-state index in [0.29, 0.717) is 0 Å². The molecule has 0 bridgehead atoms. The predicted octanol–water partition coefficient (Wildman–Crippen LogP) is 2.89. The number of nitrogens with two attached hydrogens (primary N) is 1. The molecule has 5 heteroatoms. The van der Waals surface area contributed by atoms with Crippen molar-refractivity contribution in [2.45, 2.75) is 63.4 Å². The number of rotatable bonds is 2. The van der Waals surface area contributed by atoms with Gasteiger partial charge in [-0.2, -0.15) is 0 Å². The van der Waals surface area contributed by atoms with E-state index in [1.165, 1.54) is 0 Å². The van der Waals surface area contributed by atoms with Crippen molar-refractivity contribution in [2.24, 2.45) is 9.17 Å². The van der Waals surface area contributed by atoms with Crippen molar-refractivity contribution in [2.75, 3.05) is 0 Å². The third-order valence-electron chi connectivity index (χ3n) is 3.86. The van der Waals surface area contributed by atoms with Crippen LogP contribution in [0, 0.1) is 0 Å². The first-order valence-corrected chi connectivity index (χ1v) is 10.00. The summed E-state index contributed by atoms with van der Waals surface area (Å²) in [6.45, 7) is 12.8. The van der Waals surface area contributed by atoms with Crippen molar-refractivity contribution < 1.29 is 4.21 Å². The quantitative estimate of drug-likeness (QED) is 0.751. The lowest BCUT2D eigenvalue weighted by Gasteiger charge is -2.33. The molecule has 0 spiro atoms. The van der Waals surface area contributed by atoms with Gasteiger partial charge in [0.15, 0.2) is 8.24 Å². The molecule has 1 rings (SSSR count). The lowest BCUT2D eigenvalue weighted by atomic mass is 10.2. The summed E-state index contributed by atoms with van der Waals surface area (Å²) in [7, 11) is -4.38. The zero-order valence-electron chi connectivity index (χ0n) is 10.8. The Labute approximate surface area is 95.2 Å². The first-order valence-electron chi connectivity index (χ1n) is 5.47. The molecule has 0 aromatic heterocycles. The highest BCUT2D eigenvalue weighted by Crippen LogP contribution is 2.45. The molecule has 2 N–H and O–H groups in total. The van der Waals surface area contributed by atoms with Gasteiger partial charge in [-0.15, -0.1) is 0 Å². The normalized spacial score (nSPS) is 24.5. The van der Waals surface area contributed by atoms with E-state index in [1.54, 1.807) is 0 Å². The lowest BCUT2D eigenvalue weighted by Crippen LogP contribution is -2.40. The fourth-order valence-electron chi connectivity index (χ4n) is 1.05.